The maximum Gasteiger partial charge on any atom is 0.316 e. The summed E-state index contributed by atoms with van der Waals surface area (Å²) < 4.78 is 6.71. The molecule has 0 bridgehead atoms. The number of carbonyl (C=O) groups excluding carboxylic acids is 1. The first kappa shape index (κ1) is 19.5. The number of ether oxygens (including phenoxy) is 1. The summed E-state index contributed by atoms with van der Waals surface area (Å²) in [5.41, 5.74) is 1.10. The van der Waals surface area contributed by atoms with Crippen molar-refractivity contribution in [3.8, 4) is 0 Å². The maximum atomic E-state index is 13.2. The van der Waals surface area contributed by atoms with E-state index in [1.165, 1.54) is 16.6 Å². The van der Waals surface area contributed by atoms with Crippen molar-refractivity contribution in [2.24, 2.45) is 0 Å². The van der Waals surface area contributed by atoms with Crippen molar-refractivity contribution < 1.29 is 9.53 Å². The number of hydrogen-bond donors (Lipinski definition) is 0. The van der Waals surface area contributed by atoms with Gasteiger partial charge in [0.2, 0.25) is 0 Å². The van der Waals surface area contributed by atoms with Crippen LogP contribution in [0.15, 0.2) is 22.6 Å². The lowest BCUT2D eigenvalue weighted by Gasteiger charge is -2.28. The Morgan fingerprint density at radius 3 is 2.96 bits per heavy atom. The van der Waals surface area contributed by atoms with E-state index in [0.29, 0.717) is 18.3 Å². The van der Waals surface area contributed by atoms with E-state index >= 15 is 0 Å². The summed E-state index contributed by atoms with van der Waals surface area (Å²) in [6.45, 7) is 10.7. The SMILES string of the molecule is C=CCn1c(SCC(=O)OCC)nc2sc3c(c2c1=O)CC(C)(C)SC3. The molecule has 2 aromatic heterocycles. The molecule has 0 aromatic carbocycles. The van der Waals surface area contributed by atoms with Gasteiger partial charge < -0.3 is 4.74 Å². The van der Waals surface area contributed by atoms with E-state index in [0.717, 1.165) is 28.0 Å². The summed E-state index contributed by atoms with van der Waals surface area (Å²) in [5, 5.41) is 1.28. The molecule has 0 radical (unpaired) electrons. The van der Waals surface area contributed by atoms with Gasteiger partial charge in [0.25, 0.3) is 5.56 Å². The summed E-state index contributed by atoms with van der Waals surface area (Å²) in [7, 11) is 0. The number of esters is 1. The Balaban J connectivity index is 2.07. The molecule has 0 amide bonds. The molecule has 0 spiro atoms. The topological polar surface area (TPSA) is 61.2 Å². The lowest BCUT2D eigenvalue weighted by atomic mass is 10.00. The fourth-order valence-electron chi connectivity index (χ4n) is 2.93. The molecule has 3 heterocycles. The molecule has 0 saturated carbocycles. The Hall–Kier alpha value is -1.25. The lowest BCUT2D eigenvalue weighted by molar-refractivity contribution is -0.139. The number of thioether (sulfide) groups is 2. The zero-order valence-corrected chi connectivity index (χ0v) is 17.6. The quantitative estimate of drug-likeness (QED) is 0.312. The van der Waals surface area contributed by atoms with Crippen molar-refractivity contribution in [3.63, 3.8) is 0 Å². The zero-order valence-electron chi connectivity index (χ0n) is 15.2. The molecular weight excluding hydrogens is 388 g/mol. The molecule has 0 fully saturated rings. The first-order chi connectivity index (χ1) is 12.4. The van der Waals surface area contributed by atoms with Crippen LogP contribution < -0.4 is 5.56 Å². The van der Waals surface area contributed by atoms with Gasteiger partial charge in [-0.15, -0.1) is 29.7 Å². The number of rotatable bonds is 6. The Morgan fingerprint density at radius 2 is 2.27 bits per heavy atom. The average Bonchev–Trinajstić information content (AvgIpc) is 2.92. The number of carbonyl (C=O) groups is 1. The minimum atomic E-state index is -0.305. The van der Waals surface area contributed by atoms with Crippen LogP contribution in [0.5, 0.6) is 0 Å². The Bertz CT molecular complexity index is 915. The van der Waals surface area contributed by atoms with Gasteiger partial charge in [-0.25, -0.2) is 4.98 Å². The van der Waals surface area contributed by atoms with Crippen LogP contribution in [0.1, 0.15) is 31.2 Å². The molecule has 2 aromatic rings. The smallest absolute Gasteiger partial charge is 0.316 e. The highest BCUT2D eigenvalue weighted by Crippen LogP contribution is 2.43. The number of hydrogen-bond acceptors (Lipinski definition) is 7. The van der Waals surface area contributed by atoms with Crippen molar-refractivity contribution in [2.45, 2.75) is 49.4 Å². The molecule has 1 aliphatic heterocycles. The van der Waals surface area contributed by atoms with Crippen LogP contribution in [-0.2, 0) is 28.2 Å². The predicted molar refractivity (Wildman–Crippen MR) is 111 cm³/mol. The molecule has 0 saturated heterocycles. The third-order valence-corrected chi connectivity index (χ3v) is 7.71. The van der Waals surface area contributed by atoms with Crippen molar-refractivity contribution in [3.05, 3.63) is 33.4 Å². The van der Waals surface area contributed by atoms with Gasteiger partial charge in [0, 0.05) is 21.9 Å². The molecule has 0 N–H and O–H groups in total. The van der Waals surface area contributed by atoms with E-state index in [1.54, 1.807) is 28.9 Å². The summed E-state index contributed by atoms with van der Waals surface area (Å²) in [4.78, 5) is 31.6. The summed E-state index contributed by atoms with van der Waals surface area (Å²) in [6, 6.07) is 0. The van der Waals surface area contributed by atoms with Crippen LogP contribution in [-0.4, -0.2) is 32.6 Å². The van der Waals surface area contributed by atoms with Gasteiger partial charge in [0.1, 0.15) is 4.83 Å². The predicted octanol–water partition coefficient (Wildman–Crippen LogP) is 3.87. The van der Waals surface area contributed by atoms with Crippen molar-refractivity contribution >= 4 is 51.0 Å². The molecule has 8 heteroatoms. The van der Waals surface area contributed by atoms with Gasteiger partial charge in [-0.05, 0) is 18.9 Å². The Morgan fingerprint density at radius 1 is 1.50 bits per heavy atom. The van der Waals surface area contributed by atoms with E-state index in [2.05, 4.69) is 20.4 Å². The molecule has 0 unspecified atom stereocenters. The number of nitrogens with zero attached hydrogens (tertiary/aromatic N) is 2. The second kappa shape index (κ2) is 7.78. The largest absolute Gasteiger partial charge is 0.465 e. The maximum absolute atomic E-state index is 13.2. The van der Waals surface area contributed by atoms with Crippen LogP contribution in [0.4, 0.5) is 0 Å². The van der Waals surface area contributed by atoms with Crippen LogP contribution >= 0.6 is 34.9 Å². The monoisotopic (exact) mass is 410 g/mol. The van der Waals surface area contributed by atoms with Crippen LogP contribution in [0, 0.1) is 0 Å². The van der Waals surface area contributed by atoms with E-state index in [-0.39, 0.29) is 22.0 Å². The fraction of sp³-hybridized carbons (Fsp3) is 0.500. The molecular formula is C18H22N2O3S3. The first-order valence-electron chi connectivity index (χ1n) is 8.44. The molecule has 1 aliphatic rings. The molecule has 0 aliphatic carbocycles. The first-order valence-corrected chi connectivity index (χ1v) is 11.2. The summed E-state index contributed by atoms with van der Waals surface area (Å²) in [5.74, 6) is 0.743. The second-order valence-electron chi connectivity index (χ2n) is 6.60. The highest BCUT2D eigenvalue weighted by atomic mass is 32.2. The molecule has 26 heavy (non-hydrogen) atoms. The minimum Gasteiger partial charge on any atom is -0.465 e. The summed E-state index contributed by atoms with van der Waals surface area (Å²) in [6.07, 6.45) is 2.55. The molecule has 140 valence electrons. The number of aromatic nitrogens is 2. The van der Waals surface area contributed by atoms with Gasteiger partial charge in [-0.1, -0.05) is 31.7 Å². The van der Waals surface area contributed by atoms with E-state index in [9.17, 15) is 9.59 Å². The molecule has 5 nitrogen and oxygen atoms in total. The lowest BCUT2D eigenvalue weighted by Crippen LogP contribution is -2.26. The van der Waals surface area contributed by atoms with Gasteiger partial charge in [0.05, 0.1) is 17.7 Å². The van der Waals surface area contributed by atoms with Crippen LogP contribution in [0.25, 0.3) is 10.2 Å². The third-order valence-electron chi connectivity index (χ3n) is 4.09. The van der Waals surface area contributed by atoms with Gasteiger partial charge in [-0.2, -0.15) is 0 Å². The van der Waals surface area contributed by atoms with Crippen molar-refractivity contribution in [1.29, 1.82) is 0 Å². The van der Waals surface area contributed by atoms with Gasteiger partial charge in [-0.3, -0.25) is 14.2 Å². The van der Waals surface area contributed by atoms with Gasteiger partial charge in [0.15, 0.2) is 5.16 Å². The minimum absolute atomic E-state index is 0.0403. The van der Waals surface area contributed by atoms with Crippen LogP contribution in [0.3, 0.4) is 0 Å². The van der Waals surface area contributed by atoms with E-state index in [1.807, 2.05) is 11.8 Å². The highest BCUT2D eigenvalue weighted by molar-refractivity contribution is 8.00. The van der Waals surface area contributed by atoms with Crippen molar-refractivity contribution in [2.75, 3.05) is 12.4 Å². The Labute approximate surface area is 165 Å². The van der Waals surface area contributed by atoms with E-state index in [4.69, 9.17) is 9.72 Å². The molecule has 3 rings (SSSR count). The Kier molecular flexibility index (Phi) is 5.84. The fourth-order valence-corrected chi connectivity index (χ4v) is 6.12. The van der Waals surface area contributed by atoms with Crippen LogP contribution in [0.2, 0.25) is 0 Å². The highest BCUT2D eigenvalue weighted by Gasteiger charge is 2.31. The van der Waals surface area contributed by atoms with Gasteiger partial charge >= 0.3 is 5.97 Å². The number of allylic oxidation sites excluding steroid dienone is 1. The molecule has 0 atom stereocenters. The number of fused-ring (bicyclic) bond motifs is 3. The standard InChI is InChI=1S/C18H22N2O3S3/c1-5-7-20-16(22)14-11-8-18(3,4)25-9-12(11)26-15(14)19-17(20)24-10-13(21)23-6-2/h5H,1,6-10H2,2-4H3. The second-order valence-corrected chi connectivity index (χ2v) is 10.3. The van der Waals surface area contributed by atoms with Crippen molar-refractivity contribution in [1.82, 2.24) is 9.55 Å². The average molecular weight is 411 g/mol. The number of thiophene rings is 1. The normalized spacial score (nSPS) is 15.7. The third kappa shape index (κ3) is 3.87. The van der Waals surface area contributed by atoms with E-state index < -0.39 is 0 Å². The summed E-state index contributed by atoms with van der Waals surface area (Å²) >= 11 is 4.75. The zero-order chi connectivity index (χ0) is 18.9.